The van der Waals surface area contributed by atoms with Gasteiger partial charge in [0.15, 0.2) is 0 Å². The second-order valence-corrected chi connectivity index (χ2v) is 8.11. The summed E-state index contributed by atoms with van der Waals surface area (Å²) in [6, 6.07) is 5.61. The number of anilines is 1. The maximum atomic E-state index is 12.8. The van der Waals surface area contributed by atoms with Gasteiger partial charge in [-0.25, -0.2) is 4.39 Å². The van der Waals surface area contributed by atoms with Crippen LogP contribution >= 0.6 is 11.8 Å². The predicted octanol–water partition coefficient (Wildman–Crippen LogP) is 3.13. The van der Waals surface area contributed by atoms with Crippen LogP contribution in [0.3, 0.4) is 0 Å². The van der Waals surface area contributed by atoms with Crippen molar-refractivity contribution >= 4 is 29.3 Å². The molecule has 0 aliphatic carbocycles. The number of likely N-dealkylation sites (tertiary alicyclic amines) is 1. The average molecular weight is 396 g/mol. The van der Waals surface area contributed by atoms with Gasteiger partial charge >= 0.3 is 0 Å². The second-order valence-electron chi connectivity index (χ2n) is 7.13. The standard InChI is InChI=1S/C20H30FN3O2S/c1-16-8-12-24(13-9-16)11-3-2-10-22-19(25)14-27-15-20(26)23-18-6-4-17(21)5-7-18/h4-7,16H,2-3,8-15H2,1H3,(H,22,25)(H,23,26). The first-order chi connectivity index (χ1) is 13.0. The summed E-state index contributed by atoms with van der Waals surface area (Å²) in [5, 5.41) is 5.58. The zero-order valence-corrected chi connectivity index (χ0v) is 16.8. The number of benzene rings is 1. The molecule has 0 saturated carbocycles. The van der Waals surface area contributed by atoms with E-state index in [-0.39, 0.29) is 29.1 Å². The lowest BCUT2D eigenvalue weighted by atomic mass is 9.99. The Bertz CT molecular complexity index is 589. The number of thioether (sulfide) groups is 1. The van der Waals surface area contributed by atoms with Crippen LogP contribution in [0.1, 0.15) is 32.6 Å². The fourth-order valence-electron chi connectivity index (χ4n) is 2.99. The SMILES string of the molecule is CC1CCN(CCCCNC(=O)CSCC(=O)Nc2ccc(F)cc2)CC1. The summed E-state index contributed by atoms with van der Waals surface area (Å²) in [5.74, 6) is 0.732. The largest absolute Gasteiger partial charge is 0.355 e. The minimum absolute atomic E-state index is 0.0404. The lowest BCUT2D eigenvalue weighted by molar-refractivity contribution is -0.118. The van der Waals surface area contributed by atoms with Gasteiger partial charge in [-0.3, -0.25) is 9.59 Å². The molecule has 0 bridgehead atoms. The van der Waals surface area contributed by atoms with Crippen molar-refractivity contribution in [3.8, 4) is 0 Å². The number of nitrogens with one attached hydrogen (secondary N) is 2. The summed E-state index contributed by atoms with van der Waals surface area (Å²) in [6.07, 6.45) is 4.67. The molecule has 2 amide bonds. The van der Waals surface area contributed by atoms with Crippen LogP contribution < -0.4 is 10.6 Å². The number of piperidine rings is 1. The van der Waals surface area contributed by atoms with Gasteiger partial charge in [0, 0.05) is 12.2 Å². The second kappa shape index (κ2) is 12.0. The first kappa shape index (κ1) is 21.7. The quantitative estimate of drug-likeness (QED) is 0.598. The van der Waals surface area contributed by atoms with E-state index < -0.39 is 0 Å². The summed E-state index contributed by atoms with van der Waals surface area (Å²) in [6.45, 7) is 6.51. The van der Waals surface area contributed by atoms with E-state index >= 15 is 0 Å². The number of unbranched alkanes of at least 4 members (excludes halogenated alkanes) is 1. The molecule has 1 saturated heterocycles. The van der Waals surface area contributed by atoms with Gasteiger partial charge in [0.2, 0.25) is 11.8 Å². The average Bonchev–Trinajstić information content (AvgIpc) is 2.65. The molecular weight excluding hydrogens is 365 g/mol. The van der Waals surface area contributed by atoms with Gasteiger partial charge in [0.05, 0.1) is 11.5 Å². The third-order valence-electron chi connectivity index (χ3n) is 4.69. The summed E-state index contributed by atoms with van der Waals surface area (Å²) in [4.78, 5) is 26.1. The van der Waals surface area contributed by atoms with E-state index in [1.807, 2.05) is 0 Å². The Morgan fingerprint density at radius 1 is 1.11 bits per heavy atom. The normalized spacial score (nSPS) is 15.5. The molecule has 0 unspecified atom stereocenters. The summed E-state index contributed by atoms with van der Waals surface area (Å²) in [7, 11) is 0. The Hall–Kier alpha value is -1.60. The van der Waals surface area contributed by atoms with Crippen molar-refractivity contribution in [3.05, 3.63) is 30.1 Å². The van der Waals surface area contributed by atoms with Gasteiger partial charge in [-0.05, 0) is 75.5 Å². The molecule has 1 aliphatic rings. The molecule has 0 aromatic heterocycles. The summed E-state index contributed by atoms with van der Waals surface area (Å²) < 4.78 is 12.8. The van der Waals surface area contributed by atoms with Crippen molar-refractivity contribution in [2.75, 3.05) is 43.0 Å². The van der Waals surface area contributed by atoms with E-state index in [0.717, 1.165) is 25.3 Å². The van der Waals surface area contributed by atoms with Crippen LogP contribution in [0, 0.1) is 11.7 Å². The third kappa shape index (κ3) is 9.24. The van der Waals surface area contributed by atoms with Crippen LogP contribution in [0.5, 0.6) is 0 Å². The van der Waals surface area contributed by atoms with Crippen LogP contribution in [0.4, 0.5) is 10.1 Å². The Balaban J connectivity index is 1.46. The fourth-order valence-corrected chi connectivity index (χ4v) is 3.64. The lowest BCUT2D eigenvalue weighted by Crippen LogP contribution is -2.34. The number of amides is 2. The van der Waals surface area contributed by atoms with E-state index in [1.54, 1.807) is 0 Å². The molecule has 1 aromatic rings. The molecule has 0 spiro atoms. The minimum atomic E-state index is -0.343. The van der Waals surface area contributed by atoms with Crippen molar-refractivity contribution in [2.24, 2.45) is 5.92 Å². The number of rotatable bonds is 10. The van der Waals surface area contributed by atoms with Gasteiger partial charge in [0.1, 0.15) is 5.82 Å². The first-order valence-electron chi connectivity index (χ1n) is 9.65. The number of nitrogens with zero attached hydrogens (tertiary/aromatic N) is 1. The van der Waals surface area contributed by atoms with E-state index in [2.05, 4.69) is 22.5 Å². The summed E-state index contributed by atoms with van der Waals surface area (Å²) >= 11 is 1.27. The highest BCUT2D eigenvalue weighted by Gasteiger charge is 2.14. The summed E-state index contributed by atoms with van der Waals surface area (Å²) in [5.41, 5.74) is 0.551. The molecule has 7 heteroatoms. The zero-order valence-electron chi connectivity index (χ0n) is 16.0. The monoisotopic (exact) mass is 395 g/mol. The molecule has 1 aliphatic heterocycles. The molecule has 0 radical (unpaired) electrons. The highest BCUT2D eigenvalue weighted by molar-refractivity contribution is 8.00. The molecule has 1 fully saturated rings. The third-order valence-corrected chi connectivity index (χ3v) is 5.63. The van der Waals surface area contributed by atoms with E-state index in [9.17, 15) is 14.0 Å². The fraction of sp³-hybridized carbons (Fsp3) is 0.600. The topological polar surface area (TPSA) is 61.4 Å². The van der Waals surface area contributed by atoms with Crippen LogP contribution in [-0.4, -0.2) is 54.4 Å². The molecule has 2 rings (SSSR count). The number of carbonyl (C=O) groups is 2. The highest BCUT2D eigenvalue weighted by Crippen LogP contribution is 2.16. The molecule has 0 atom stereocenters. The van der Waals surface area contributed by atoms with Crippen LogP contribution in [0.25, 0.3) is 0 Å². The van der Waals surface area contributed by atoms with Gasteiger partial charge < -0.3 is 15.5 Å². The number of halogens is 1. The van der Waals surface area contributed by atoms with E-state index in [4.69, 9.17) is 0 Å². The predicted molar refractivity (Wildman–Crippen MR) is 109 cm³/mol. The Morgan fingerprint density at radius 3 is 2.48 bits per heavy atom. The first-order valence-corrected chi connectivity index (χ1v) is 10.8. The number of hydrogen-bond acceptors (Lipinski definition) is 4. The molecule has 150 valence electrons. The van der Waals surface area contributed by atoms with Crippen molar-refractivity contribution in [2.45, 2.75) is 32.6 Å². The van der Waals surface area contributed by atoms with Crippen molar-refractivity contribution < 1.29 is 14.0 Å². The maximum absolute atomic E-state index is 12.8. The van der Waals surface area contributed by atoms with Crippen molar-refractivity contribution in [3.63, 3.8) is 0 Å². The molecule has 27 heavy (non-hydrogen) atoms. The highest BCUT2D eigenvalue weighted by atomic mass is 32.2. The minimum Gasteiger partial charge on any atom is -0.355 e. The molecule has 5 nitrogen and oxygen atoms in total. The Kier molecular flexibility index (Phi) is 9.62. The molecule has 1 heterocycles. The smallest absolute Gasteiger partial charge is 0.234 e. The molecule has 2 N–H and O–H groups in total. The van der Waals surface area contributed by atoms with Gasteiger partial charge in [-0.15, -0.1) is 11.8 Å². The maximum Gasteiger partial charge on any atom is 0.234 e. The molecular formula is C20H30FN3O2S. The Labute approximate surface area is 165 Å². The van der Waals surface area contributed by atoms with Crippen LogP contribution in [0.15, 0.2) is 24.3 Å². The van der Waals surface area contributed by atoms with Gasteiger partial charge in [-0.2, -0.15) is 0 Å². The number of carbonyl (C=O) groups excluding carboxylic acids is 2. The zero-order chi connectivity index (χ0) is 19.5. The van der Waals surface area contributed by atoms with E-state index in [0.29, 0.717) is 12.2 Å². The van der Waals surface area contributed by atoms with Crippen LogP contribution in [-0.2, 0) is 9.59 Å². The van der Waals surface area contributed by atoms with E-state index in [1.165, 1.54) is 62.0 Å². The Morgan fingerprint density at radius 2 is 1.78 bits per heavy atom. The van der Waals surface area contributed by atoms with Gasteiger partial charge in [-0.1, -0.05) is 6.92 Å². The van der Waals surface area contributed by atoms with Gasteiger partial charge in [0.25, 0.3) is 0 Å². The van der Waals surface area contributed by atoms with Crippen LogP contribution in [0.2, 0.25) is 0 Å². The molecule has 1 aromatic carbocycles. The lowest BCUT2D eigenvalue weighted by Gasteiger charge is -2.30. The van der Waals surface area contributed by atoms with Crippen molar-refractivity contribution in [1.29, 1.82) is 0 Å². The van der Waals surface area contributed by atoms with Crippen molar-refractivity contribution in [1.82, 2.24) is 10.2 Å². The number of hydrogen-bond donors (Lipinski definition) is 2.